The molecular formula is C20H29N3O2+2. The fraction of sp³-hybridized carbons (Fsp3) is 0.550. The van der Waals surface area contributed by atoms with E-state index in [2.05, 4.69) is 4.98 Å². The summed E-state index contributed by atoms with van der Waals surface area (Å²) in [6, 6.07) is 8.10. The van der Waals surface area contributed by atoms with Gasteiger partial charge in [-0.1, -0.05) is 18.2 Å². The molecule has 4 rings (SSSR count). The van der Waals surface area contributed by atoms with Crippen LogP contribution in [-0.2, 0) is 4.74 Å². The van der Waals surface area contributed by atoms with E-state index in [0.29, 0.717) is 12.6 Å². The van der Waals surface area contributed by atoms with E-state index in [1.54, 1.807) is 4.90 Å². The van der Waals surface area contributed by atoms with Gasteiger partial charge in [-0.15, -0.1) is 0 Å². The molecule has 0 bridgehead atoms. The van der Waals surface area contributed by atoms with Crippen molar-refractivity contribution in [2.75, 3.05) is 45.9 Å². The summed E-state index contributed by atoms with van der Waals surface area (Å²) < 4.78 is 5.76. The highest BCUT2D eigenvalue weighted by Crippen LogP contribution is 2.21. The van der Waals surface area contributed by atoms with E-state index in [1.165, 1.54) is 17.7 Å². The molecule has 0 amide bonds. The number of quaternary nitrogens is 2. The van der Waals surface area contributed by atoms with Gasteiger partial charge in [-0.3, -0.25) is 4.79 Å². The molecule has 2 aromatic rings. The minimum atomic E-state index is 0.271. The number of carbonyl (C=O) groups excluding carboxylic acids is 1. The van der Waals surface area contributed by atoms with Crippen molar-refractivity contribution in [3.05, 3.63) is 35.5 Å². The Bertz CT molecular complexity index is 740. The molecule has 2 saturated heterocycles. The van der Waals surface area contributed by atoms with Gasteiger partial charge < -0.3 is 19.5 Å². The van der Waals surface area contributed by atoms with Crippen molar-refractivity contribution >= 4 is 16.7 Å². The van der Waals surface area contributed by atoms with Gasteiger partial charge in [0.15, 0.2) is 0 Å². The van der Waals surface area contributed by atoms with Crippen LogP contribution in [0.25, 0.3) is 10.9 Å². The lowest BCUT2D eigenvalue weighted by atomic mass is 10.1. The number of ketones is 1. The first-order chi connectivity index (χ1) is 12.2. The number of aromatic nitrogens is 1. The van der Waals surface area contributed by atoms with Crippen molar-refractivity contribution < 1.29 is 19.3 Å². The molecule has 2 aliphatic heterocycles. The Kier molecular flexibility index (Phi) is 4.88. The van der Waals surface area contributed by atoms with E-state index < -0.39 is 0 Å². The highest BCUT2D eigenvalue weighted by atomic mass is 16.5. The van der Waals surface area contributed by atoms with Crippen molar-refractivity contribution in [3.63, 3.8) is 0 Å². The Balaban J connectivity index is 1.35. The van der Waals surface area contributed by atoms with E-state index in [9.17, 15) is 4.79 Å². The lowest BCUT2D eigenvalue weighted by molar-refractivity contribution is -1.01. The number of ether oxygens (including phenoxy) is 1. The second-order valence-electron chi connectivity index (χ2n) is 7.61. The number of H-pyrrole nitrogens is 1. The second kappa shape index (κ2) is 7.28. The molecule has 0 unspecified atom stereocenters. The predicted octanol–water partition coefficient (Wildman–Crippen LogP) is -0.379. The van der Waals surface area contributed by atoms with Crippen LogP contribution >= 0.6 is 0 Å². The third kappa shape index (κ3) is 3.64. The summed E-state index contributed by atoms with van der Waals surface area (Å²) in [6.07, 6.45) is 2.90. The highest BCUT2D eigenvalue weighted by molar-refractivity contribution is 6.09. The molecule has 2 aliphatic rings. The van der Waals surface area contributed by atoms with Gasteiger partial charge >= 0.3 is 0 Å². The van der Waals surface area contributed by atoms with Crippen molar-refractivity contribution in [1.29, 1.82) is 0 Å². The van der Waals surface area contributed by atoms with Gasteiger partial charge in [0, 0.05) is 23.2 Å². The fourth-order valence-corrected chi connectivity index (χ4v) is 4.42. The van der Waals surface area contributed by atoms with Gasteiger partial charge in [0.25, 0.3) is 0 Å². The normalized spacial score (nSPS) is 27.0. The van der Waals surface area contributed by atoms with E-state index in [0.717, 1.165) is 61.5 Å². The molecule has 25 heavy (non-hydrogen) atoms. The van der Waals surface area contributed by atoms with Gasteiger partial charge in [0.05, 0.1) is 5.56 Å². The average molecular weight is 343 g/mol. The monoisotopic (exact) mass is 343 g/mol. The molecule has 3 N–H and O–H groups in total. The first-order valence-corrected chi connectivity index (χ1v) is 9.60. The summed E-state index contributed by atoms with van der Waals surface area (Å²) in [5.41, 5.74) is 2.94. The fourth-order valence-electron chi connectivity index (χ4n) is 4.42. The van der Waals surface area contributed by atoms with Crippen LogP contribution in [0.3, 0.4) is 0 Å². The number of para-hydroxylation sites is 1. The zero-order chi connectivity index (χ0) is 17.2. The molecule has 5 heteroatoms. The number of carbonyl (C=O) groups is 1. The van der Waals surface area contributed by atoms with Gasteiger partial charge in [-0.25, -0.2) is 0 Å². The Labute approximate surface area is 148 Å². The first kappa shape index (κ1) is 16.8. The van der Waals surface area contributed by atoms with Crippen molar-refractivity contribution in [3.8, 4) is 0 Å². The molecule has 3 heterocycles. The maximum absolute atomic E-state index is 12.9. The number of benzene rings is 1. The molecule has 1 atom stereocenters. The summed E-state index contributed by atoms with van der Waals surface area (Å²) in [6.45, 7) is 9.15. The number of hydrogen-bond acceptors (Lipinski definition) is 2. The third-order valence-corrected chi connectivity index (χ3v) is 5.79. The standard InChI is InChI=1S/C20H27N3O2/c1-15-20(17-6-2-3-7-18(17)21-15)19(24)14-23-10-8-22(9-11-23)13-16-5-4-12-25-16/h2-3,6-7,16,21H,4-5,8-14H2,1H3/p+2/t16-/m1/s1. The molecule has 5 nitrogen and oxygen atoms in total. The minimum absolute atomic E-state index is 0.271. The van der Waals surface area contributed by atoms with Gasteiger partial charge in [-0.2, -0.15) is 0 Å². The quantitative estimate of drug-likeness (QED) is 0.649. The van der Waals surface area contributed by atoms with Gasteiger partial charge in [-0.05, 0) is 25.8 Å². The van der Waals surface area contributed by atoms with Crippen LogP contribution in [-0.4, -0.2) is 62.7 Å². The third-order valence-electron chi connectivity index (χ3n) is 5.79. The van der Waals surface area contributed by atoms with Crippen LogP contribution in [0.1, 0.15) is 28.9 Å². The lowest BCUT2D eigenvalue weighted by Crippen LogP contribution is -3.28. The van der Waals surface area contributed by atoms with Crippen LogP contribution < -0.4 is 9.80 Å². The number of aryl methyl sites for hydroxylation is 1. The minimum Gasteiger partial charge on any atom is -0.372 e. The number of aromatic amines is 1. The Morgan fingerprint density at radius 1 is 1.20 bits per heavy atom. The van der Waals surface area contributed by atoms with Crippen LogP contribution in [0.2, 0.25) is 0 Å². The molecule has 0 radical (unpaired) electrons. The van der Waals surface area contributed by atoms with E-state index in [4.69, 9.17) is 4.74 Å². The number of hydrogen-bond donors (Lipinski definition) is 3. The van der Waals surface area contributed by atoms with Crippen LogP contribution in [0.4, 0.5) is 0 Å². The number of piperazine rings is 1. The Morgan fingerprint density at radius 3 is 2.72 bits per heavy atom. The molecule has 0 saturated carbocycles. The lowest BCUT2D eigenvalue weighted by Gasteiger charge is -2.30. The number of Topliss-reactive ketones (excluding diaryl/α,β-unsaturated/α-hetero) is 1. The maximum atomic E-state index is 12.9. The molecule has 0 aliphatic carbocycles. The van der Waals surface area contributed by atoms with E-state index >= 15 is 0 Å². The SMILES string of the molecule is Cc1[nH]c2ccccc2c1C(=O)C[NH+]1CC[NH+](C[C@H]2CCCO2)CC1. The molecule has 1 aromatic heterocycles. The number of nitrogens with one attached hydrogen (secondary N) is 3. The molecule has 2 fully saturated rings. The topological polar surface area (TPSA) is 51.0 Å². The predicted molar refractivity (Wildman–Crippen MR) is 97.5 cm³/mol. The Hall–Kier alpha value is -1.69. The molecule has 134 valence electrons. The summed E-state index contributed by atoms with van der Waals surface area (Å²) >= 11 is 0. The largest absolute Gasteiger partial charge is 0.372 e. The average Bonchev–Trinajstić information content (AvgIpc) is 3.23. The number of rotatable bonds is 5. The van der Waals surface area contributed by atoms with Crippen molar-refractivity contribution in [1.82, 2.24) is 4.98 Å². The zero-order valence-corrected chi connectivity index (χ0v) is 15.1. The van der Waals surface area contributed by atoms with Crippen molar-refractivity contribution in [2.24, 2.45) is 0 Å². The second-order valence-corrected chi connectivity index (χ2v) is 7.61. The van der Waals surface area contributed by atoms with Gasteiger partial charge in [0.1, 0.15) is 45.4 Å². The smallest absolute Gasteiger partial charge is 0.219 e. The summed E-state index contributed by atoms with van der Waals surface area (Å²) in [5.74, 6) is 0.271. The summed E-state index contributed by atoms with van der Waals surface area (Å²) in [4.78, 5) is 19.3. The maximum Gasteiger partial charge on any atom is 0.219 e. The highest BCUT2D eigenvalue weighted by Gasteiger charge is 2.29. The first-order valence-electron chi connectivity index (χ1n) is 9.60. The zero-order valence-electron chi connectivity index (χ0n) is 15.1. The summed E-state index contributed by atoms with van der Waals surface area (Å²) in [7, 11) is 0. The number of fused-ring (bicyclic) bond motifs is 1. The van der Waals surface area contributed by atoms with Crippen LogP contribution in [0, 0.1) is 6.92 Å². The Morgan fingerprint density at radius 2 is 1.96 bits per heavy atom. The molecular weight excluding hydrogens is 314 g/mol. The van der Waals surface area contributed by atoms with Crippen LogP contribution in [0.5, 0.6) is 0 Å². The van der Waals surface area contributed by atoms with Crippen molar-refractivity contribution in [2.45, 2.75) is 25.9 Å². The summed E-state index contributed by atoms with van der Waals surface area (Å²) in [5, 5.41) is 1.06. The van der Waals surface area contributed by atoms with Crippen LogP contribution in [0.15, 0.2) is 24.3 Å². The van der Waals surface area contributed by atoms with Gasteiger partial charge in [0.2, 0.25) is 5.78 Å². The molecule has 1 aromatic carbocycles. The van der Waals surface area contributed by atoms with E-state index in [1.807, 2.05) is 31.2 Å². The van der Waals surface area contributed by atoms with E-state index in [-0.39, 0.29) is 5.78 Å². The molecule has 0 spiro atoms.